The normalized spacial score (nSPS) is 10.7. The maximum absolute atomic E-state index is 13.3. The predicted molar refractivity (Wildman–Crippen MR) is 151 cm³/mol. The summed E-state index contributed by atoms with van der Waals surface area (Å²) in [4.78, 5) is 27.8. The molecule has 1 N–H and O–H groups in total. The Bertz CT molecular complexity index is 1380. The number of hydrogen-bond acceptors (Lipinski definition) is 4. The van der Waals surface area contributed by atoms with Crippen molar-refractivity contribution in [1.29, 1.82) is 0 Å². The molecule has 2 amide bonds. The lowest BCUT2D eigenvalue weighted by atomic mass is 10.1. The van der Waals surface area contributed by atoms with E-state index < -0.39 is 0 Å². The molecule has 0 fully saturated rings. The molecule has 38 heavy (non-hydrogen) atoms. The molecule has 8 heteroatoms. The molecule has 0 atom stereocenters. The van der Waals surface area contributed by atoms with Crippen molar-refractivity contribution in [2.75, 3.05) is 25.0 Å². The highest BCUT2D eigenvalue weighted by molar-refractivity contribution is 6.30. The van der Waals surface area contributed by atoms with Gasteiger partial charge in [0.1, 0.15) is 18.1 Å². The van der Waals surface area contributed by atoms with E-state index in [1.165, 1.54) is 4.90 Å². The lowest BCUT2D eigenvalue weighted by Gasteiger charge is -2.22. The summed E-state index contributed by atoms with van der Waals surface area (Å²) in [7, 11) is 0. The maximum Gasteiger partial charge on any atom is 0.260 e. The third-order valence-electron chi connectivity index (χ3n) is 6.02. The molecule has 4 aromatic rings. The minimum atomic E-state index is -0.316. The molecule has 196 valence electrons. The van der Waals surface area contributed by atoms with Crippen LogP contribution in [0.5, 0.6) is 5.75 Å². The average Bonchev–Trinajstić information content (AvgIpc) is 3.24. The highest BCUT2D eigenvalue weighted by atomic mass is 35.5. The van der Waals surface area contributed by atoms with E-state index in [2.05, 4.69) is 5.32 Å². The van der Waals surface area contributed by atoms with Crippen LogP contribution < -0.4 is 10.1 Å². The molecule has 0 radical (unpaired) electrons. The van der Waals surface area contributed by atoms with Crippen molar-refractivity contribution in [2.45, 2.75) is 27.2 Å². The minimum absolute atomic E-state index is 0.108. The van der Waals surface area contributed by atoms with Crippen LogP contribution in [0.15, 0.2) is 78.9 Å². The molecular weight excluding hydrogens is 500 g/mol. The van der Waals surface area contributed by atoms with Crippen molar-refractivity contribution in [2.24, 2.45) is 0 Å². The number of carbonyl (C=O) groups is 2. The fraction of sp³-hybridized carbons (Fsp3) is 0.233. The number of nitrogens with zero attached hydrogens (tertiary/aromatic N) is 3. The zero-order chi connectivity index (χ0) is 27.1. The van der Waals surface area contributed by atoms with E-state index >= 15 is 0 Å². The van der Waals surface area contributed by atoms with Crippen molar-refractivity contribution in [3.63, 3.8) is 0 Å². The van der Waals surface area contributed by atoms with Crippen molar-refractivity contribution in [3.05, 3.63) is 95.1 Å². The molecule has 0 aliphatic heterocycles. The Kier molecular flexibility index (Phi) is 8.81. The van der Waals surface area contributed by atoms with E-state index in [1.54, 1.807) is 28.9 Å². The van der Waals surface area contributed by atoms with Crippen molar-refractivity contribution < 1.29 is 14.3 Å². The number of aromatic nitrogens is 2. The van der Waals surface area contributed by atoms with Crippen LogP contribution in [0.1, 0.15) is 24.6 Å². The topological polar surface area (TPSA) is 76.5 Å². The van der Waals surface area contributed by atoms with Crippen molar-refractivity contribution in [1.82, 2.24) is 14.7 Å². The van der Waals surface area contributed by atoms with Crippen molar-refractivity contribution in [3.8, 4) is 22.6 Å². The second kappa shape index (κ2) is 12.4. The summed E-state index contributed by atoms with van der Waals surface area (Å²) in [6.07, 6.45) is 0.704. The summed E-state index contributed by atoms with van der Waals surface area (Å²) in [6, 6.07) is 24.5. The van der Waals surface area contributed by atoms with Crippen LogP contribution in [0, 0.1) is 13.8 Å². The van der Waals surface area contributed by atoms with Gasteiger partial charge in [-0.2, -0.15) is 5.10 Å². The Hall–Kier alpha value is -4.10. The molecule has 7 nitrogen and oxygen atoms in total. The third-order valence-corrected chi connectivity index (χ3v) is 6.27. The number of aryl methyl sites for hydroxylation is 2. The highest BCUT2D eigenvalue weighted by Gasteiger charge is 2.23. The number of benzene rings is 3. The van der Waals surface area contributed by atoms with Gasteiger partial charge in [-0.3, -0.25) is 9.59 Å². The van der Waals surface area contributed by atoms with E-state index in [0.29, 0.717) is 29.6 Å². The summed E-state index contributed by atoms with van der Waals surface area (Å²) in [6.45, 7) is 6.04. The molecule has 0 spiro atoms. The Morgan fingerprint density at radius 1 is 0.974 bits per heavy atom. The number of anilines is 1. The van der Waals surface area contributed by atoms with Crippen LogP contribution in [-0.2, 0) is 9.59 Å². The van der Waals surface area contributed by atoms with Gasteiger partial charge in [0.05, 0.1) is 11.4 Å². The zero-order valence-electron chi connectivity index (χ0n) is 21.8. The number of halogens is 1. The number of nitrogens with one attached hydrogen (secondary N) is 1. The molecule has 1 heterocycles. The summed E-state index contributed by atoms with van der Waals surface area (Å²) < 4.78 is 7.36. The van der Waals surface area contributed by atoms with E-state index in [4.69, 9.17) is 21.4 Å². The van der Waals surface area contributed by atoms with E-state index in [1.807, 2.05) is 75.4 Å². The van der Waals surface area contributed by atoms with Gasteiger partial charge in [-0.05, 0) is 62.2 Å². The van der Waals surface area contributed by atoms with Gasteiger partial charge in [0.25, 0.3) is 5.91 Å². The monoisotopic (exact) mass is 530 g/mol. The Morgan fingerprint density at radius 3 is 2.32 bits per heavy atom. The number of hydrogen-bond donors (Lipinski definition) is 1. The van der Waals surface area contributed by atoms with Crippen LogP contribution in [0.25, 0.3) is 16.8 Å². The van der Waals surface area contributed by atoms with Crippen LogP contribution in [0.2, 0.25) is 5.02 Å². The molecule has 0 aliphatic rings. The fourth-order valence-electron chi connectivity index (χ4n) is 4.14. The molecule has 1 aromatic heterocycles. The SMILES string of the molecule is CCCN(CC(=O)Nc1c(-c2ccccc2)c(C)nn1-c1ccc(C)cc1)C(=O)COc1ccc(Cl)cc1. The summed E-state index contributed by atoms with van der Waals surface area (Å²) in [5, 5.41) is 8.39. The maximum atomic E-state index is 13.3. The molecule has 0 saturated carbocycles. The molecular formula is C30H31ClN4O3. The predicted octanol–water partition coefficient (Wildman–Crippen LogP) is 6.07. The van der Waals surface area contributed by atoms with Gasteiger partial charge in [0.2, 0.25) is 5.91 Å². The molecule has 4 rings (SSSR count). The summed E-state index contributed by atoms with van der Waals surface area (Å²) in [5.41, 5.74) is 4.51. The second-order valence-electron chi connectivity index (χ2n) is 9.03. The van der Waals surface area contributed by atoms with Gasteiger partial charge in [-0.25, -0.2) is 4.68 Å². The van der Waals surface area contributed by atoms with E-state index in [9.17, 15) is 9.59 Å². The van der Waals surface area contributed by atoms with Gasteiger partial charge in [0, 0.05) is 17.1 Å². The lowest BCUT2D eigenvalue weighted by molar-refractivity contribution is -0.136. The van der Waals surface area contributed by atoms with Gasteiger partial charge in [0.15, 0.2) is 6.61 Å². The van der Waals surface area contributed by atoms with Gasteiger partial charge >= 0.3 is 0 Å². The smallest absolute Gasteiger partial charge is 0.260 e. The quantitative estimate of drug-likeness (QED) is 0.270. The number of carbonyl (C=O) groups excluding carboxylic acids is 2. The zero-order valence-corrected chi connectivity index (χ0v) is 22.5. The van der Waals surface area contributed by atoms with Crippen LogP contribution in [-0.4, -0.2) is 46.2 Å². The van der Waals surface area contributed by atoms with Crippen molar-refractivity contribution >= 4 is 29.2 Å². The number of ether oxygens (including phenoxy) is 1. The largest absolute Gasteiger partial charge is 0.484 e. The molecule has 0 aliphatic carbocycles. The number of amides is 2. The van der Waals surface area contributed by atoms with E-state index in [-0.39, 0.29) is 25.0 Å². The van der Waals surface area contributed by atoms with Crippen LogP contribution in [0.3, 0.4) is 0 Å². The third kappa shape index (κ3) is 6.61. The first-order valence-corrected chi connectivity index (χ1v) is 12.9. The molecule has 0 bridgehead atoms. The summed E-state index contributed by atoms with van der Waals surface area (Å²) >= 11 is 5.92. The first kappa shape index (κ1) is 26.9. The summed E-state index contributed by atoms with van der Waals surface area (Å²) in [5.74, 6) is 0.504. The van der Waals surface area contributed by atoms with Gasteiger partial charge in [-0.15, -0.1) is 0 Å². The van der Waals surface area contributed by atoms with Crippen LogP contribution in [0.4, 0.5) is 5.82 Å². The molecule has 0 unspecified atom stereocenters. The second-order valence-corrected chi connectivity index (χ2v) is 9.46. The average molecular weight is 531 g/mol. The lowest BCUT2D eigenvalue weighted by Crippen LogP contribution is -2.41. The van der Waals surface area contributed by atoms with E-state index in [0.717, 1.165) is 28.1 Å². The van der Waals surface area contributed by atoms with Gasteiger partial charge in [-0.1, -0.05) is 66.6 Å². The molecule has 3 aromatic carbocycles. The Labute approximate surface area is 228 Å². The minimum Gasteiger partial charge on any atom is -0.484 e. The van der Waals surface area contributed by atoms with Gasteiger partial charge < -0.3 is 15.0 Å². The fourth-order valence-corrected chi connectivity index (χ4v) is 4.27. The first-order valence-electron chi connectivity index (χ1n) is 12.5. The standard InChI is InChI=1S/C30H31ClN4O3/c1-4-18-34(28(37)20-38-26-16-12-24(31)13-17-26)19-27(36)32-30-29(23-8-6-5-7-9-23)22(3)33-35(30)25-14-10-21(2)11-15-25/h5-17H,4,18-20H2,1-3H3,(H,32,36). The Balaban J connectivity index is 1.56. The number of rotatable bonds is 10. The highest BCUT2D eigenvalue weighted by Crippen LogP contribution is 2.33. The van der Waals surface area contributed by atoms with Crippen LogP contribution >= 0.6 is 11.6 Å². The Morgan fingerprint density at radius 2 is 1.66 bits per heavy atom. The first-order chi connectivity index (χ1) is 18.4. The molecule has 0 saturated heterocycles.